The van der Waals surface area contributed by atoms with Crippen molar-refractivity contribution in [3.05, 3.63) is 88.7 Å². The fourth-order valence-corrected chi connectivity index (χ4v) is 2.66. The van der Waals surface area contributed by atoms with E-state index >= 15 is 0 Å². The van der Waals surface area contributed by atoms with Crippen LogP contribution in [-0.2, 0) is 19.7 Å². The minimum atomic E-state index is 0. The van der Waals surface area contributed by atoms with Crippen LogP contribution in [0.4, 0.5) is 0 Å². The van der Waals surface area contributed by atoms with Crippen LogP contribution in [0.3, 0.4) is 0 Å². The number of hydrogen-bond acceptors (Lipinski definition) is 4. The molecule has 1 aromatic heterocycles. The molecule has 4 nitrogen and oxygen atoms in total. The van der Waals surface area contributed by atoms with Crippen molar-refractivity contribution in [2.45, 2.75) is 19.7 Å². The number of nitrogens with one attached hydrogen (secondary N) is 1. The summed E-state index contributed by atoms with van der Waals surface area (Å²) in [6.07, 6.45) is 3.60. The van der Waals surface area contributed by atoms with Crippen molar-refractivity contribution in [1.82, 2.24) is 10.3 Å². The van der Waals surface area contributed by atoms with Crippen LogP contribution >= 0.6 is 36.4 Å². The van der Waals surface area contributed by atoms with E-state index in [-0.39, 0.29) is 24.8 Å². The molecule has 0 saturated heterocycles. The van der Waals surface area contributed by atoms with E-state index in [1.165, 1.54) is 5.56 Å². The first-order valence-electron chi connectivity index (χ1n) is 8.38. The number of ether oxygens (including phenoxy) is 2. The maximum Gasteiger partial charge on any atom is 0.161 e. The molecule has 150 valence electrons. The van der Waals surface area contributed by atoms with Crippen molar-refractivity contribution in [3.8, 4) is 11.5 Å². The number of pyridine rings is 1. The molecule has 0 bridgehead atoms. The third kappa shape index (κ3) is 7.21. The van der Waals surface area contributed by atoms with Crippen LogP contribution in [0.1, 0.15) is 16.7 Å². The zero-order valence-electron chi connectivity index (χ0n) is 15.4. The first-order chi connectivity index (χ1) is 12.7. The fraction of sp³-hybridized carbons (Fsp3) is 0.190. The Hall–Kier alpha value is -1.98. The standard InChI is InChI=1S/C21H21ClN2O2.2ClH/c1-25-21-12-18(14-24-13-16-8-10-23-11-9-16)4-7-20(21)26-15-17-2-5-19(22)6-3-17;;/h2-12,24H,13-15H2,1H3;2*1H. The van der Waals surface area contributed by atoms with Crippen LogP contribution in [0.5, 0.6) is 11.5 Å². The monoisotopic (exact) mass is 440 g/mol. The van der Waals surface area contributed by atoms with E-state index in [2.05, 4.69) is 10.3 Å². The molecular formula is C21H23Cl3N2O2. The maximum absolute atomic E-state index is 5.90. The molecule has 1 heterocycles. The second-order valence-corrected chi connectivity index (χ2v) is 6.30. The molecule has 0 fully saturated rings. The summed E-state index contributed by atoms with van der Waals surface area (Å²) in [5.41, 5.74) is 3.39. The number of rotatable bonds is 8. The van der Waals surface area contributed by atoms with Crippen molar-refractivity contribution < 1.29 is 9.47 Å². The molecule has 0 aliphatic heterocycles. The average Bonchev–Trinajstić information content (AvgIpc) is 2.69. The van der Waals surface area contributed by atoms with E-state index in [9.17, 15) is 0 Å². The zero-order chi connectivity index (χ0) is 18.2. The fourth-order valence-electron chi connectivity index (χ4n) is 2.53. The van der Waals surface area contributed by atoms with Gasteiger partial charge in [-0.05, 0) is 53.1 Å². The zero-order valence-corrected chi connectivity index (χ0v) is 17.8. The quantitative estimate of drug-likeness (QED) is 0.504. The molecule has 0 aliphatic rings. The first kappa shape index (κ1) is 24.1. The molecule has 0 unspecified atom stereocenters. The topological polar surface area (TPSA) is 43.4 Å². The highest BCUT2D eigenvalue weighted by atomic mass is 35.5. The van der Waals surface area contributed by atoms with E-state index in [0.29, 0.717) is 6.61 Å². The molecular weight excluding hydrogens is 419 g/mol. The first-order valence-corrected chi connectivity index (χ1v) is 8.76. The molecule has 0 radical (unpaired) electrons. The van der Waals surface area contributed by atoms with Gasteiger partial charge >= 0.3 is 0 Å². The van der Waals surface area contributed by atoms with Gasteiger partial charge in [-0.1, -0.05) is 29.8 Å². The molecule has 0 spiro atoms. The molecule has 3 rings (SSSR count). The molecule has 3 aromatic rings. The van der Waals surface area contributed by atoms with Gasteiger partial charge in [0.2, 0.25) is 0 Å². The Morgan fingerprint density at radius 3 is 2.14 bits per heavy atom. The van der Waals surface area contributed by atoms with E-state index in [1.807, 2.05) is 54.6 Å². The third-order valence-electron chi connectivity index (χ3n) is 3.94. The van der Waals surface area contributed by atoms with E-state index < -0.39 is 0 Å². The highest BCUT2D eigenvalue weighted by Crippen LogP contribution is 2.29. The van der Waals surface area contributed by atoms with Crippen molar-refractivity contribution in [1.29, 1.82) is 0 Å². The molecule has 0 saturated carbocycles. The van der Waals surface area contributed by atoms with Crippen LogP contribution < -0.4 is 14.8 Å². The van der Waals surface area contributed by atoms with Crippen molar-refractivity contribution in [2.75, 3.05) is 7.11 Å². The van der Waals surface area contributed by atoms with E-state index in [0.717, 1.165) is 40.7 Å². The van der Waals surface area contributed by atoms with Gasteiger partial charge in [-0.2, -0.15) is 0 Å². The molecule has 0 atom stereocenters. The van der Waals surface area contributed by atoms with Crippen LogP contribution in [0.15, 0.2) is 67.0 Å². The lowest BCUT2D eigenvalue weighted by molar-refractivity contribution is 0.284. The number of nitrogens with zero attached hydrogens (tertiary/aromatic N) is 1. The van der Waals surface area contributed by atoms with Gasteiger partial charge in [0, 0.05) is 30.5 Å². The number of halogens is 3. The van der Waals surface area contributed by atoms with Crippen molar-refractivity contribution in [2.24, 2.45) is 0 Å². The second kappa shape index (κ2) is 12.5. The van der Waals surface area contributed by atoms with Crippen molar-refractivity contribution >= 4 is 36.4 Å². The summed E-state index contributed by atoms with van der Waals surface area (Å²) in [5, 5.41) is 4.13. The predicted molar refractivity (Wildman–Crippen MR) is 118 cm³/mol. The van der Waals surface area contributed by atoms with Crippen LogP contribution in [0, 0.1) is 0 Å². The summed E-state index contributed by atoms with van der Waals surface area (Å²) < 4.78 is 11.4. The number of hydrogen-bond donors (Lipinski definition) is 1. The second-order valence-electron chi connectivity index (χ2n) is 5.86. The summed E-state index contributed by atoms with van der Waals surface area (Å²) in [4.78, 5) is 4.02. The number of benzene rings is 2. The molecule has 28 heavy (non-hydrogen) atoms. The minimum absolute atomic E-state index is 0. The smallest absolute Gasteiger partial charge is 0.161 e. The summed E-state index contributed by atoms with van der Waals surface area (Å²) in [7, 11) is 1.65. The Morgan fingerprint density at radius 2 is 1.46 bits per heavy atom. The largest absolute Gasteiger partial charge is 0.493 e. The maximum atomic E-state index is 5.90. The van der Waals surface area contributed by atoms with Crippen molar-refractivity contribution in [3.63, 3.8) is 0 Å². The lowest BCUT2D eigenvalue weighted by Gasteiger charge is -2.13. The third-order valence-corrected chi connectivity index (χ3v) is 4.20. The van der Waals surface area contributed by atoms with Gasteiger partial charge in [-0.3, -0.25) is 4.98 Å². The lowest BCUT2D eigenvalue weighted by Crippen LogP contribution is -2.12. The van der Waals surface area contributed by atoms with Gasteiger partial charge in [0.15, 0.2) is 11.5 Å². The average molecular weight is 442 g/mol. The Kier molecular flexibility index (Phi) is 10.7. The highest BCUT2D eigenvalue weighted by Gasteiger charge is 2.06. The SMILES string of the molecule is COc1cc(CNCc2ccncc2)ccc1OCc1ccc(Cl)cc1.Cl.Cl. The number of aromatic nitrogens is 1. The normalized spacial score (nSPS) is 9.79. The summed E-state index contributed by atoms with van der Waals surface area (Å²) in [5.74, 6) is 1.45. The van der Waals surface area contributed by atoms with Crippen LogP contribution in [0.25, 0.3) is 0 Å². The highest BCUT2D eigenvalue weighted by molar-refractivity contribution is 6.30. The van der Waals surface area contributed by atoms with Gasteiger partial charge in [-0.25, -0.2) is 0 Å². The summed E-state index contributed by atoms with van der Waals surface area (Å²) in [6, 6.07) is 17.6. The van der Waals surface area contributed by atoms with Gasteiger partial charge in [0.25, 0.3) is 0 Å². The molecule has 7 heteroatoms. The summed E-state index contributed by atoms with van der Waals surface area (Å²) in [6.45, 7) is 2.00. The molecule has 0 aliphatic carbocycles. The Labute approximate surface area is 183 Å². The van der Waals surface area contributed by atoms with Gasteiger partial charge in [0.1, 0.15) is 6.61 Å². The van der Waals surface area contributed by atoms with Gasteiger partial charge < -0.3 is 14.8 Å². The molecule has 2 aromatic carbocycles. The number of methoxy groups -OCH3 is 1. The molecule has 1 N–H and O–H groups in total. The van der Waals surface area contributed by atoms with Crippen LogP contribution in [-0.4, -0.2) is 12.1 Å². The van der Waals surface area contributed by atoms with Gasteiger partial charge in [0.05, 0.1) is 7.11 Å². The lowest BCUT2D eigenvalue weighted by atomic mass is 10.2. The van der Waals surface area contributed by atoms with Crippen LogP contribution in [0.2, 0.25) is 5.02 Å². The van der Waals surface area contributed by atoms with E-state index in [4.69, 9.17) is 21.1 Å². The minimum Gasteiger partial charge on any atom is -0.493 e. The predicted octanol–water partition coefficient (Wildman–Crippen LogP) is 5.46. The van der Waals surface area contributed by atoms with Gasteiger partial charge in [-0.15, -0.1) is 24.8 Å². The summed E-state index contributed by atoms with van der Waals surface area (Å²) >= 11 is 5.90. The Balaban J connectivity index is 0.00000196. The Morgan fingerprint density at radius 1 is 0.821 bits per heavy atom. The molecule has 0 amide bonds. The van der Waals surface area contributed by atoms with E-state index in [1.54, 1.807) is 19.5 Å². The Bertz CT molecular complexity index is 831.